The molecule has 1 saturated heterocycles. The number of methoxy groups -OCH3 is 1. The first kappa shape index (κ1) is 20.5. The third-order valence-corrected chi connectivity index (χ3v) is 5.66. The van der Waals surface area contributed by atoms with E-state index < -0.39 is 0 Å². The van der Waals surface area contributed by atoms with Crippen LogP contribution in [0.1, 0.15) is 24.1 Å². The van der Waals surface area contributed by atoms with Gasteiger partial charge in [0, 0.05) is 38.3 Å². The Morgan fingerprint density at radius 2 is 1.80 bits per heavy atom. The molecule has 1 atom stereocenters. The fourth-order valence-corrected chi connectivity index (χ4v) is 4.00. The summed E-state index contributed by atoms with van der Waals surface area (Å²) in [7, 11) is 1.65. The molecule has 0 bridgehead atoms. The van der Waals surface area contributed by atoms with E-state index in [0.29, 0.717) is 13.3 Å². The van der Waals surface area contributed by atoms with Crippen LogP contribution in [0.5, 0.6) is 17.2 Å². The predicted octanol–water partition coefficient (Wildman–Crippen LogP) is 2.42. The molecule has 0 radical (unpaired) electrons. The van der Waals surface area contributed by atoms with E-state index in [1.54, 1.807) is 7.11 Å². The lowest BCUT2D eigenvalue weighted by molar-refractivity contribution is -0.123. The summed E-state index contributed by atoms with van der Waals surface area (Å²) in [5.74, 6) is 2.48. The standard InChI is InChI=1S/C23H29N3O4/c1-17(19-5-3-4-6-20(19)28-2)24-23(27)15-26-11-9-25(10-12-26)14-18-7-8-21-22(13-18)30-16-29-21/h3-8,13,17H,9-12,14-16H2,1-2H3,(H,24,27)/t17-/m1/s1. The van der Waals surface area contributed by atoms with Crippen LogP contribution >= 0.6 is 0 Å². The largest absolute Gasteiger partial charge is 0.496 e. The maximum absolute atomic E-state index is 12.5. The number of hydrogen-bond acceptors (Lipinski definition) is 6. The van der Waals surface area contributed by atoms with Gasteiger partial charge in [-0.05, 0) is 30.7 Å². The molecule has 1 fully saturated rings. The summed E-state index contributed by atoms with van der Waals surface area (Å²) in [6, 6.07) is 13.8. The van der Waals surface area contributed by atoms with Gasteiger partial charge in [-0.1, -0.05) is 24.3 Å². The molecule has 7 heteroatoms. The maximum Gasteiger partial charge on any atom is 0.234 e. The van der Waals surface area contributed by atoms with E-state index in [-0.39, 0.29) is 11.9 Å². The quantitative estimate of drug-likeness (QED) is 0.755. The van der Waals surface area contributed by atoms with Crippen LogP contribution in [0.15, 0.2) is 42.5 Å². The van der Waals surface area contributed by atoms with E-state index in [4.69, 9.17) is 14.2 Å². The number of piperazine rings is 1. The molecule has 0 aliphatic carbocycles. The van der Waals surface area contributed by atoms with Gasteiger partial charge < -0.3 is 19.5 Å². The molecule has 2 aliphatic heterocycles. The van der Waals surface area contributed by atoms with Crippen molar-refractivity contribution in [2.24, 2.45) is 0 Å². The summed E-state index contributed by atoms with van der Waals surface area (Å²) in [5, 5.41) is 3.09. The van der Waals surface area contributed by atoms with Crippen LogP contribution in [0.25, 0.3) is 0 Å². The SMILES string of the molecule is COc1ccccc1[C@@H](C)NC(=O)CN1CCN(Cc2ccc3c(c2)OCO3)CC1. The van der Waals surface area contributed by atoms with Gasteiger partial charge in [-0.3, -0.25) is 14.6 Å². The molecule has 0 aromatic heterocycles. The van der Waals surface area contributed by atoms with Crippen molar-refractivity contribution in [3.8, 4) is 17.2 Å². The normalized spacial score (nSPS) is 17.5. The summed E-state index contributed by atoms with van der Waals surface area (Å²) in [6.45, 7) is 7.20. The highest BCUT2D eigenvalue weighted by atomic mass is 16.7. The number of rotatable bonds is 7. The third kappa shape index (κ3) is 4.86. The van der Waals surface area contributed by atoms with E-state index >= 15 is 0 Å². The Bertz CT molecular complexity index is 881. The molecule has 2 aromatic rings. The minimum atomic E-state index is -0.0963. The van der Waals surface area contributed by atoms with Crippen LogP contribution in [0, 0.1) is 0 Å². The molecule has 1 amide bonds. The Balaban J connectivity index is 1.23. The number of amides is 1. The molecule has 2 aromatic carbocycles. The third-order valence-electron chi connectivity index (χ3n) is 5.66. The molecule has 0 unspecified atom stereocenters. The molecule has 160 valence electrons. The second-order valence-corrected chi connectivity index (χ2v) is 7.77. The molecule has 2 heterocycles. The molecule has 0 saturated carbocycles. The van der Waals surface area contributed by atoms with Crippen molar-refractivity contribution in [2.75, 3.05) is 46.6 Å². The maximum atomic E-state index is 12.5. The summed E-state index contributed by atoms with van der Waals surface area (Å²) in [6.07, 6.45) is 0. The average Bonchev–Trinajstić information content (AvgIpc) is 3.23. The lowest BCUT2D eigenvalue weighted by atomic mass is 10.1. The molecule has 1 N–H and O–H groups in total. The van der Waals surface area contributed by atoms with Gasteiger partial charge in [-0.2, -0.15) is 0 Å². The van der Waals surface area contributed by atoms with Crippen molar-refractivity contribution >= 4 is 5.91 Å². The molecular formula is C23H29N3O4. The van der Waals surface area contributed by atoms with E-state index in [1.165, 1.54) is 5.56 Å². The number of nitrogens with one attached hydrogen (secondary N) is 1. The number of carbonyl (C=O) groups excluding carboxylic acids is 1. The van der Waals surface area contributed by atoms with Crippen LogP contribution in [0.4, 0.5) is 0 Å². The summed E-state index contributed by atoms with van der Waals surface area (Å²) in [5.41, 5.74) is 2.21. The first-order valence-electron chi connectivity index (χ1n) is 10.4. The van der Waals surface area contributed by atoms with Gasteiger partial charge in [0.15, 0.2) is 11.5 Å². The average molecular weight is 412 g/mol. The van der Waals surface area contributed by atoms with Crippen molar-refractivity contribution in [1.82, 2.24) is 15.1 Å². The summed E-state index contributed by atoms with van der Waals surface area (Å²) < 4.78 is 16.2. The molecule has 7 nitrogen and oxygen atoms in total. The minimum absolute atomic E-state index is 0.0395. The highest BCUT2D eigenvalue weighted by Gasteiger charge is 2.21. The second-order valence-electron chi connectivity index (χ2n) is 7.77. The van der Waals surface area contributed by atoms with Crippen molar-refractivity contribution in [3.63, 3.8) is 0 Å². The van der Waals surface area contributed by atoms with Gasteiger partial charge >= 0.3 is 0 Å². The van der Waals surface area contributed by atoms with E-state index in [1.807, 2.05) is 37.3 Å². The Kier molecular flexibility index (Phi) is 6.40. The fraction of sp³-hybridized carbons (Fsp3) is 0.435. The lowest BCUT2D eigenvalue weighted by Crippen LogP contribution is -2.49. The van der Waals surface area contributed by atoms with Gasteiger partial charge in [-0.15, -0.1) is 0 Å². The number of carbonyl (C=O) groups is 1. The van der Waals surface area contributed by atoms with Crippen LogP contribution in [-0.4, -0.2) is 62.3 Å². The Hall–Kier alpha value is -2.77. The van der Waals surface area contributed by atoms with Crippen molar-refractivity contribution < 1.29 is 19.0 Å². The number of nitrogens with zero attached hydrogens (tertiary/aromatic N) is 2. The lowest BCUT2D eigenvalue weighted by Gasteiger charge is -2.34. The number of benzene rings is 2. The van der Waals surface area contributed by atoms with E-state index in [9.17, 15) is 4.79 Å². The van der Waals surface area contributed by atoms with Gasteiger partial charge in [0.2, 0.25) is 12.7 Å². The van der Waals surface area contributed by atoms with E-state index in [0.717, 1.165) is 55.5 Å². The molecular weight excluding hydrogens is 382 g/mol. The molecule has 0 spiro atoms. The van der Waals surface area contributed by atoms with Gasteiger partial charge in [0.05, 0.1) is 19.7 Å². The summed E-state index contributed by atoms with van der Waals surface area (Å²) in [4.78, 5) is 17.2. The minimum Gasteiger partial charge on any atom is -0.496 e. The van der Waals surface area contributed by atoms with E-state index in [2.05, 4.69) is 27.2 Å². The van der Waals surface area contributed by atoms with Gasteiger partial charge in [-0.25, -0.2) is 0 Å². The van der Waals surface area contributed by atoms with Crippen molar-refractivity contribution in [1.29, 1.82) is 0 Å². The Morgan fingerprint density at radius 1 is 1.07 bits per heavy atom. The molecule has 4 rings (SSSR count). The number of para-hydroxylation sites is 1. The second kappa shape index (κ2) is 9.36. The smallest absolute Gasteiger partial charge is 0.234 e. The number of hydrogen-bond donors (Lipinski definition) is 1. The number of fused-ring (bicyclic) bond motifs is 1. The Morgan fingerprint density at radius 3 is 2.60 bits per heavy atom. The van der Waals surface area contributed by atoms with Gasteiger partial charge in [0.1, 0.15) is 5.75 Å². The highest BCUT2D eigenvalue weighted by Crippen LogP contribution is 2.32. The van der Waals surface area contributed by atoms with Crippen LogP contribution in [0.2, 0.25) is 0 Å². The molecule has 2 aliphatic rings. The number of ether oxygens (including phenoxy) is 3. The Labute approximate surface area is 177 Å². The monoisotopic (exact) mass is 411 g/mol. The van der Waals surface area contributed by atoms with Crippen molar-refractivity contribution in [2.45, 2.75) is 19.5 Å². The molecule has 30 heavy (non-hydrogen) atoms. The predicted molar refractivity (Wildman–Crippen MR) is 114 cm³/mol. The zero-order valence-electron chi connectivity index (χ0n) is 17.6. The summed E-state index contributed by atoms with van der Waals surface area (Å²) >= 11 is 0. The van der Waals surface area contributed by atoms with Gasteiger partial charge in [0.25, 0.3) is 0 Å². The van der Waals surface area contributed by atoms with Crippen molar-refractivity contribution in [3.05, 3.63) is 53.6 Å². The first-order valence-corrected chi connectivity index (χ1v) is 10.4. The topological polar surface area (TPSA) is 63.3 Å². The first-order chi connectivity index (χ1) is 14.6. The van der Waals surface area contributed by atoms with Crippen LogP contribution in [0.3, 0.4) is 0 Å². The van der Waals surface area contributed by atoms with Crippen LogP contribution < -0.4 is 19.5 Å². The fourth-order valence-electron chi connectivity index (χ4n) is 4.00. The van der Waals surface area contributed by atoms with Crippen LogP contribution in [-0.2, 0) is 11.3 Å². The zero-order chi connectivity index (χ0) is 20.9. The zero-order valence-corrected chi connectivity index (χ0v) is 17.6. The highest BCUT2D eigenvalue weighted by molar-refractivity contribution is 5.78.